The van der Waals surface area contributed by atoms with Gasteiger partial charge in [0.05, 0.1) is 11.2 Å². The molecule has 0 aliphatic heterocycles. The second-order valence-electron chi connectivity index (χ2n) is 10.1. The summed E-state index contributed by atoms with van der Waals surface area (Å²) in [6.45, 7) is -0.273. The predicted molar refractivity (Wildman–Crippen MR) is 159 cm³/mol. The van der Waals surface area contributed by atoms with E-state index in [2.05, 4.69) is 22.4 Å². The molecule has 2 amide bonds. The lowest BCUT2D eigenvalue weighted by atomic mass is 9.98. The molecule has 0 atom stereocenters. The Morgan fingerprint density at radius 1 is 0.810 bits per heavy atom. The van der Waals surface area contributed by atoms with Crippen molar-refractivity contribution >= 4 is 34.6 Å². The van der Waals surface area contributed by atoms with E-state index in [1.54, 1.807) is 24.3 Å². The van der Waals surface area contributed by atoms with Crippen molar-refractivity contribution in [3.63, 3.8) is 0 Å². The van der Waals surface area contributed by atoms with Crippen LogP contribution in [0.5, 0.6) is 0 Å². The molecule has 1 aliphatic rings. The molecule has 8 nitrogen and oxygen atoms in total. The van der Waals surface area contributed by atoms with E-state index in [1.807, 2.05) is 66.7 Å². The van der Waals surface area contributed by atoms with Crippen LogP contribution in [0, 0.1) is 0 Å². The number of carboxylic acid groups (broad SMARTS) is 1. The predicted octanol–water partition coefficient (Wildman–Crippen LogP) is 6.32. The molecule has 0 bridgehead atoms. The number of ether oxygens (including phenoxy) is 1. The minimum Gasteiger partial charge on any atom is -0.480 e. The first-order valence-corrected chi connectivity index (χ1v) is 13.5. The molecule has 8 heteroatoms. The molecular formula is C34H27N3O5. The highest BCUT2D eigenvalue weighted by Crippen LogP contribution is 2.44. The van der Waals surface area contributed by atoms with Gasteiger partial charge in [0, 0.05) is 17.8 Å². The van der Waals surface area contributed by atoms with Crippen molar-refractivity contribution in [2.45, 2.75) is 12.5 Å². The zero-order chi connectivity index (χ0) is 29.1. The molecule has 1 aromatic heterocycles. The van der Waals surface area contributed by atoms with Crippen molar-refractivity contribution in [1.29, 1.82) is 0 Å². The number of benzene rings is 4. The monoisotopic (exact) mass is 557 g/mol. The van der Waals surface area contributed by atoms with E-state index in [4.69, 9.17) is 4.74 Å². The zero-order valence-corrected chi connectivity index (χ0v) is 22.6. The molecule has 208 valence electrons. The maximum absolute atomic E-state index is 13.6. The summed E-state index contributed by atoms with van der Waals surface area (Å²) in [6.07, 6.45) is -0.668. The van der Waals surface area contributed by atoms with Crippen molar-refractivity contribution < 1.29 is 24.2 Å². The SMILES string of the molecule is O=C(O)CN(Cc1ccccc1)C(=O)c1cc(NC(=O)OCC2c3ccccc3-c3ccccc32)c2ccccc2n1. The fourth-order valence-electron chi connectivity index (χ4n) is 5.46. The van der Waals surface area contributed by atoms with Gasteiger partial charge in [0.25, 0.3) is 5.91 Å². The molecule has 1 aliphatic carbocycles. The van der Waals surface area contributed by atoms with Gasteiger partial charge in [0.15, 0.2) is 0 Å². The molecule has 42 heavy (non-hydrogen) atoms. The topological polar surface area (TPSA) is 109 Å². The smallest absolute Gasteiger partial charge is 0.411 e. The van der Waals surface area contributed by atoms with E-state index in [0.29, 0.717) is 16.6 Å². The minimum atomic E-state index is -1.14. The molecule has 0 radical (unpaired) electrons. The van der Waals surface area contributed by atoms with E-state index in [-0.39, 0.29) is 24.8 Å². The Hall–Kier alpha value is -5.50. The van der Waals surface area contributed by atoms with E-state index in [0.717, 1.165) is 27.8 Å². The Labute approximate surface area is 242 Å². The molecule has 0 unspecified atom stereocenters. The molecule has 4 aromatic carbocycles. The number of pyridine rings is 1. The Morgan fingerprint density at radius 3 is 2.12 bits per heavy atom. The summed E-state index contributed by atoms with van der Waals surface area (Å²) >= 11 is 0. The maximum Gasteiger partial charge on any atom is 0.411 e. The first-order chi connectivity index (χ1) is 20.5. The van der Waals surface area contributed by atoms with Crippen molar-refractivity contribution in [2.24, 2.45) is 0 Å². The van der Waals surface area contributed by atoms with Gasteiger partial charge in [-0.1, -0.05) is 97.1 Å². The molecule has 0 fully saturated rings. The third-order valence-electron chi connectivity index (χ3n) is 7.35. The number of carbonyl (C=O) groups is 3. The Kier molecular flexibility index (Phi) is 7.34. The number of para-hydroxylation sites is 1. The minimum absolute atomic E-state index is 0.0137. The number of rotatable bonds is 8. The highest BCUT2D eigenvalue weighted by Gasteiger charge is 2.29. The lowest BCUT2D eigenvalue weighted by molar-refractivity contribution is -0.137. The van der Waals surface area contributed by atoms with E-state index in [1.165, 1.54) is 11.0 Å². The van der Waals surface area contributed by atoms with E-state index in [9.17, 15) is 19.5 Å². The molecule has 1 heterocycles. The Morgan fingerprint density at radius 2 is 1.43 bits per heavy atom. The lowest BCUT2D eigenvalue weighted by Gasteiger charge is -2.21. The number of hydrogen-bond acceptors (Lipinski definition) is 5. The van der Waals surface area contributed by atoms with Crippen molar-refractivity contribution in [3.05, 3.63) is 132 Å². The van der Waals surface area contributed by atoms with Crippen LogP contribution in [0.15, 0.2) is 109 Å². The van der Waals surface area contributed by atoms with Crippen LogP contribution in [0.25, 0.3) is 22.0 Å². The van der Waals surface area contributed by atoms with Gasteiger partial charge < -0.3 is 14.7 Å². The van der Waals surface area contributed by atoms with Crippen LogP contribution in [0.3, 0.4) is 0 Å². The molecule has 6 rings (SSSR count). The third-order valence-corrected chi connectivity index (χ3v) is 7.35. The van der Waals surface area contributed by atoms with Gasteiger partial charge in [-0.2, -0.15) is 0 Å². The van der Waals surface area contributed by atoms with Crippen LogP contribution < -0.4 is 5.32 Å². The van der Waals surface area contributed by atoms with Gasteiger partial charge in [0.1, 0.15) is 18.8 Å². The van der Waals surface area contributed by atoms with Crippen LogP contribution >= 0.6 is 0 Å². The van der Waals surface area contributed by atoms with Gasteiger partial charge in [-0.3, -0.25) is 14.9 Å². The number of fused-ring (bicyclic) bond motifs is 4. The second-order valence-corrected chi connectivity index (χ2v) is 10.1. The molecule has 2 N–H and O–H groups in total. The quantitative estimate of drug-likeness (QED) is 0.231. The third kappa shape index (κ3) is 5.42. The normalized spacial score (nSPS) is 11.9. The Balaban J connectivity index is 1.24. The summed E-state index contributed by atoms with van der Waals surface area (Å²) in [7, 11) is 0. The summed E-state index contributed by atoms with van der Waals surface area (Å²) in [5.74, 6) is -1.81. The molecule has 0 saturated heterocycles. The first-order valence-electron chi connectivity index (χ1n) is 13.5. The summed E-state index contributed by atoms with van der Waals surface area (Å²) in [5, 5.41) is 12.9. The number of nitrogens with zero attached hydrogens (tertiary/aromatic N) is 2. The summed E-state index contributed by atoms with van der Waals surface area (Å²) < 4.78 is 5.73. The van der Waals surface area contributed by atoms with Crippen LogP contribution in [0.4, 0.5) is 10.5 Å². The van der Waals surface area contributed by atoms with Gasteiger partial charge in [0.2, 0.25) is 0 Å². The van der Waals surface area contributed by atoms with Gasteiger partial charge >= 0.3 is 12.1 Å². The fourth-order valence-corrected chi connectivity index (χ4v) is 5.46. The summed E-state index contributed by atoms with van der Waals surface area (Å²) in [4.78, 5) is 44.0. The van der Waals surface area contributed by atoms with Crippen molar-refractivity contribution in [3.8, 4) is 11.1 Å². The standard InChI is InChI=1S/C34H27N3O5/c38-32(39)20-37(19-22-10-2-1-3-11-22)33(40)31-18-30(27-16-8-9-17-29(27)35-31)36-34(41)42-21-28-25-14-6-4-12-23(25)24-13-5-7-15-26(24)28/h1-18,28H,19-21H2,(H,38,39)(H,35,36,41). The van der Waals surface area contributed by atoms with Crippen LogP contribution in [0.2, 0.25) is 0 Å². The number of hydrogen-bond donors (Lipinski definition) is 2. The van der Waals surface area contributed by atoms with E-state index < -0.39 is 24.5 Å². The Bertz CT molecular complexity index is 1760. The number of carbonyl (C=O) groups excluding carboxylic acids is 2. The maximum atomic E-state index is 13.6. The van der Waals surface area contributed by atoms with Gasteiger partial charge in [-0.05, 0) is 39.9 Å². The number of carboxylic acids is 1. The van der Waals surface area contributed by atoms with Crippen LogP contribution in [-0.4, -0.2) is 46.1 Å². The number of nitrogens with one attached hydrogen (secondary N) is 1. The van der Waals surface area contributed by atoms with Gasteiger partial charge in [-0.25, -0.2) is 9.78 Å². The number of aliphatic carboxylic acids is 1. The van der Waals surface area contributed by atoms with Crippen LogP contribution in [-0.2, 0) is 16.1 Å². The highest BCUT2D eigenvalue weighted by atomic mass is 16.5. The van der Waals surface area contributed by atoms with Crippen molar-refractivity contribution in [1.82, 2.24) is 9.88 Å². The second kappa shape index (κ2) is 11.5. The zero-order valence-electron chi connectivity index (χ0n) is 22.6. The lowest BCUT2D eigenvalue weighted by Crippen LogP contribution is -2.35. The van der Waals surface area contributed by atoms with Crippen molar-refractivity contribution in [2.75, 3.05) is 18.5 Å². The summed E-state index contributed by atoms with van der Waals surface area (Å²) in [5.41, 5.74) is 6.09. The number of anilines is 1. The molecule has 0 spiro atoms. The first kappa shape index (κ1) is 26.7. The largest absolute Gasteiger partial charge is 0.480 e. The summed E-state index contributed by atoms with van der Waals surface area (Å²) in [6, 6.07) is 33.9. The molecule has 5 aromatic rings. The number of amides is 2. The molecular weight excluding hydrogens is 530 g/mol. The average Bonchev–Trinajstić information content (AvgIpc) is 3.33. The van der Waals surface area contributed by atoms with Gasteiger partial charge in [-0.15, -0.1) is 0 Å². The number of aromatic nitrogens is 1. The highest BCUT2D eigenvalue weighted by molar-refractivity contribution is 6.03. The fraction of sp³-hybridized carbons (Fsp3) is 0.118. The van der Waals surface area contributed by atoms with Crippen LogP contribution in [0.1, 0.15) is 33.1 Å². The van der Waals surface area contributed by atoms with E-state index >= 15 is 0 Å². The molecule has 0 saturated carbocycles. The average molecular weight is 558 g/mol.